The van der Waals surface area contributed by atoms with E-state index in [2.05, 4.69) is 72.1 Å². The third kappa shape index (κ3) is 6.39. The highest BCUT2D eigenvalue weighted by Gasteiger charge is 2.14. The maximum atomic E-state index is 12.7. The number of likely N-dealkylation sites (N-methyl/N-ethyl adjacent to an activating group) is 1. The molecule has 1 amide bonds. The third-order valence-electron chi connectivity index (χ3n) is 5.93. The average Bonchev–Trinajstić information content (AvgIpc) is 2.74. The second-order valence-corrected chi connectivity index (χ2v) is 8.59. The lowest BCUT2D eigenvalue weighted by molar-refractivity contribution is 0.102. The summed E-state index contributed by atoms with van der Waals surface area (Å²) in [5, 5.41) is 3.06. The van der Waals surface area contributed by atoms with E-state index in [0.717, 1.165) is 51.5 Å². The molecular weight excluding hydrogens is 372 g/mol. The van der Waals surface area contributed by atoms with Crippen molar-refractivity contribution in [3.05, 3.63) is 65.2 Å². The van der Waals surface area contributed by atoms with Crippen molar-refractivity contribution in [1.82, 2.24) is 14.7 Å². The fourth-order valence-corrected chi connectivity index (χ4v) is 3.87. The molecule has 2 aromatic carbocycles. The number of rotatable bonds is 8. The van der Waals surface area contributed by atoms with Gasteiger partial charge in [0, 0.05) is 56.6 Å². The first-order valence-corrected chi connectivity index (χ1v) is 11.1. The molecule has 0 unspecified atom stereocenters. The molecule has 1 saturated heterocycles. The Kier molecular flexibility index (Phi) is 8.02. The molecule has 0 spiro atoms. The van der Waals surface area contributed by atoms with Crippen molar-refractivity contribution in [2.45, 2.75) is 39.9 Å². The standard InChI is InChI=1S/C25H36N4O/c1-5-29(20(2)3)19-21-9-11-23(12-10-21)25(30)26-24-8-6-7-22(17-24)18-28-15-13-27(4)14-16-28/h6-12,17,20H,5,13-16,18-19H2,1-4H3,(H,26,30). The number of hydrogen-bond donors (Lipinski definition) is 1. The normalized spacial score (nSPS) is 15.7. The van der Waals surface area contributed by atoms with Crippen molar-refractivity contribution >= 4 is 11.6 Å². The van der Waals surface area contributed by atoms with Crippen molar-refractivity contribution < 1.29 is 4.79 Å². The summed E-state index contributed by atoms with van der Waals surface area (Å²) in [6, 6.07) is 16.7. The first-order chi connectivity index (χ1) is 14.4. The topological polar surface area (TPSA) is 38.8 Å². The zero-order valence-electron chi connectivity index (χ0n) is 18.9. The third-order valence-corrected chi connectivity index (χ3v) is 5.93. The smallest absolute Gasteiger partial charge is 0.255 e. The van der Waals surface area contributed by atoms with Crippen LogP contribution >= 0.6 is 0 Å². The fourth-order valence-electron chi connectivity index (χ4n) is 3.87. The number of amides is 1. The van der Waals surface area contributed by atoms with E-state index in [1.54, 1.807) is 0 Å². The van der Waals surface area contributed by atoms with Crippen molar-refractivity contribution in [3.8, 4) is 0 Å². The van der Waals surface area contributed by atoms with Gasteiger partial charge < -0.3 is 10.2 Å². The van der Waals surface area contributed by atoms with Crippen molar-refractivity contribution in [3.63, 3.8) is 0 Å². The van der Waals surface area contributed by atoms with E-state index in [0.29, 0.717) is 11.6 Å². The second-order valence-electron chi connectivity index (χ2n) is 8.59. The van der Waals surface area contributed by atoms with Crippen LogP contribution in [0.3, 0.4) is 0 Å². The van der Waals surface area contributed by atoms with Crippen LogP contribution < -0.4 is 5.32 Å². The van der Waals surface area contributed by atoms with Gasteiger partial charge in [-0.1, -0.05) is 31.2 Å². The minimum Gasteiger partial charge on any atom is -0.322 e. The molecule has 0 aliphatic carbocycles. The van der Waals surface area contributed by atoms with Gasteiger partial charge >= 0.3 is 0 Å². The fraction of sp³-hybridized carbons (Fsp3) is 0.480. The molecule has 30 heavy (non-hydrogen) atoms. The summed E-state index contributed by atoms with van der Waals surface area (Å²) < 4.78 is 0. The van der Waals surface area contributed by atoms with Crippen LogP contribution in [0.2, 0.25) is 0 Å². The molecule has 5 nitrogen and oxygen atoms in total. The predicted molar refractivity (Wildman–Crippen MR) is 125 cm³/mol. The van der Waals surface area contributed by atoms with Crippen LogP contribution in [0.25, 0.3) is 0 Å². The lowest BCUT2D eigenvalue weighted by Crippen LogP contribution is -2.43. The summed E-state index contributed by atoms with van der Waals surface area (Å²) in [6.45, 7) is 13.9. The van der Waals surface area contributed by atoms with E-state index < -0.39 is 0 Å². The molecule has 0 radical (unpaired) electrons. The first-order valence-electron chi connectivity index (χ1n) is 11.1. The molecule has 1 fully saturated rings. The summed E-state index contributed by atoms with van der Waals surface area (Å²) in [5.41, 5.74) is 4.01. The summed E-state index contributed by atoms with van der Waals surface area (Å²) in [7, 11) is 2.17. The number of benzene rings is 2. The Bertz CT molecular complexity index is 810. The molecular formula is C25H36N4O. The Morgan fingerprint density at radius 1 is 1.03 bits per heavy atom. The zero-order valence-corrected chi connectivity index (χ0v) is 18.9. The lowest BCUT2D eigenvalue weighted by atomic mass is 10.1. The monoisotopic (exact) mass is 408 g/mol. The Balaban J connectivity index is 1.57. The van der Waals surface area contributed by atoms with Crippen molar-refractivity contribution in [1.29, 1.82) is 0 Å². The van der Waals surface area contributed by atoms with E-state index in [1.165, 1.54) is 11.1 Å². The van der Waals surface area contributed by atoms with Gasteiger partial charge in [-0.2, -0.15) is 0 Å². The first kappa shape index (κ1) is 22.5. The highest BCUT2D eigenvalue weighted by molar-refractivity contribution is 6.04. The zero-order chi connectivity index (χ0) is 21.5. The number of carbonyl (C=O) groups is 1. The van der Waals surface area contributed by atoms with Gasteiger partial charge in [-0.05, 0) is 62.8 Å². The molecule has 1 aliphatic rings. The summed E-state index contributed by atoms with van der Waals surface area (Å²) in [5.74, 6) is -0.0606. The van der Waals surface area contributed by atoms with Crippen LogP contribution in [0.4, 0.5) is 5.69 Å². The van der Waals surface area contributed by atoms with Crippen LogP contribution in [-0.4, -0.2) is 66.4 Å². The number of piperazine rings is 1. The highest BCUT2D eigenvalue weighted by atomic mass is 16.1. The van der Waals surface area contributed by atoms with Gasteiger partial charge in [-0.3, -0.25) is 14.6 Å². The quantitative estimate of drug-likeness (QED) is 0.719. The molecule has 1 N–H and O–H groups in total. The van der Waals surface area contributed by atoms with Gasteiger partial charge in [0.15, 0.2) is 0 Å². The van der Waals surface area contributed by atoms with Gasteiger partial charge in [-0.25, -0.2) is 0 Å². The number of carbonyl (C=O) groups excluding carboxylic acids is 1. The minimum absolute atomic E-state index is 0.0606. The summed E-state index contributed by atoms with van der Waals surface area (Å²) in [4.78, 5) is 19.9. The van der Waals surface area contributed by atoms with E-state index in [9.17, 15) is 4.79 Å². The Morgan fingerprint density at radius 3 is 2.37 bits per heavy atom. The molecule has 0 bridgehead atoms. The van der Waals surface area contributed by atoms with Crippen LogP contribution in [-0.2, 0) is 13.1 Å². The Labute approximate surface area is 181 Å². The van der Waals surface area contributed by atoms with Crippen LogP contribution in [0.5, 0.6) is 0 Å². The van der Waals surface area contributed by atoms with E-state index >= 15 is 0 Å². The lowest BCUT2D eigenvalue weighted by Gasteiger charge is -2.32. The molecule has 5 heteroatoms. The maximum Gasteiger partial charge on any atom is 0.255 e. The molecule has 162 valence electrons. The summed E-state index contributed by atoms with van der Waals surface area (Å²) in [6.07, 6.45) is 0. The van der Waals surface area contributed by atoms with Gasteiger partial charge in [0.2, 0.25) is 0 Å². The molecule has 1 aliphatic heterocycles. The van der Waals surface area contributed by atoms with Gasteiger partial charge in [0.1, 0.15) is 0 Å². The van der Waals surface area contributed by atoms with Crippen molar-refractivity contribution in [2.75, 3.05) is 45.1 Å². The maximum absolute atomic E-state index is 12.7. The SMILES string of the molecule is CCN(Cc1ccc(C(=O)Nc2cccc(CN3CCN(C)CC3)c2)cc1)C(C)C. The van der Waals surface area contributed by atoms with Crippen LogP contribution in [0, 0.1) is 0 Å². The molecule has 2 aromatic rings. The van der Waals surface area contributed by atoms with E-state index in [4.69, 9.17) is 0 Å². The number of hydrogen-bond acceptors (Lipinski definition) is 4. The van der Waals surface area contributed by atoms with E-state index in [1.807, 2.05) is 24.3 Å². The molecule has 0 saturated carbocycles. The Morgan fingerprint density at radius 2 is 1.73 bits per heavy atom. The van der Waals surface area contributed by atoms with Gasteiger partial charge in [0.25, 0.3) is 5.91 Å². The molecule has 0 atom stereocenters. The number of nitrogens with one attached hydrogen (secondary N) is 1. The summed E-state index contributed by atoms with van der Waals surface area (Å²) >= 11 is 0. The van der Waals surface area contributed by atoms with Crippen LogP contribution in [0.1, 0.15) is 42.3 Å². The second kappa shape index (κ2) is 10.7. The minimum atomic E-state index is -0.0606. The largest absolute Gasteiger partial charge is 0.322 e. The van der Waals surface area contributed by atoms with Gasteiger partial charge in [0.05, 0.1) is 0 Å². The van der Waals surface area contributed by atoms with Crippen LogP contribution in [0.15, 0.2) is 48.5 Å². The average molecular weight is 409 g/mol. The molecule has 3 rings (SSSR count). The Hall–Kier alpha value is -2.21. The van der Waals surface area contributed by atoms with Crippen molar-refractivity contribution in [2.24, 2.45) is 0 Å². The van der Waals surface area contributed by atoms with Gasteiger partial charge in [-0.15, -0.1) is 0 Å². The predicted octanol–water partition coefficient (Wildman–Crippen LogP) is 3.92. The van der Waals surface area contributed by atoms with E-state index in [-0.39, 0.29) is 5.91 Å². The molecule has 1 heterocycles. The molecule has 0 aromatic heterocycles. The highest BCUT2D eigenvalue weighted by Crippen LogP contribution is 2.16. The number of nitrogens with zero attached hydrogens (tertiary/aromatic N) is 3. The number of anilines is 1.